The Labute approximate surface area is 145 Å². The first-order valence-corrected chi connectivity index (χ1v) is 8.68. The molecule has 0 saturated carbocycles. The van der Waals surface area contributed by atoms with Gasteiger partial charge in [-0.05, 0) is 55.8 Å². The van der Waals surface area contributed by atoms with E-state index in [-0.39, 0.29) is 11.8 Å². The van der Waals surface area contributed by atoms with Crippen LogP contribution in [-0.2, 0) is 11.3 Å². The summed E-state index contributed by atoms with van der Waals surface area (Å²) in [6, 6.07) is 12.1. The van der Waals surface area contributed by atoms with Crippen molar-refractivity contribution >= 4 is 27.5 Å². The molecule has 1 amide bonds. The predicted molar refractivity (Wildman–Crippen MR) is 95.0 cm³/mol. The summed E-state index contributed by atoms with van der Waals surface area (Å²) >= 11 is 3.51. The quantitative estimate of drug-likeness (QED) is 0.888. The Hall–Kier alpha value is -1.72. The van der Waals surface area contributed by atoms with Crippen LogP contribution in [0.15, 0.2) is 53.3 Å². The number of likely N-dealkylation sites (tertiary alicyclic amines) is 1. The molecule has 1 aliphatic heterocycles. The number of hydrogen-bond donors (Lipinski definition) is 1. The third-order valence-electron chi connectivity index (χ3n) is 4.18. The van der Waals surface area contributed by atoms with Crippen LogP contribution in [0.25, 0.3) is 0 Å². The summed E-state index contributed by atoms with van der Waals surface area (Å²) in [5.41, 5.74) is 2.08. The maximum atomic E-state index is 12.3. The van der Waals surface area contributed by atoms with Crippen molar-refractivity contribution in [1.82, 2.24) is 9.88 Å². The number of hydrogen-bond acceptors (Lipinski definition) is 3. The highest BCUT2D eigenvalue weighted by Gasteiger charge is 2.25. The lowest BCUT2D eigenvalue weighted by Gasteiger charge is -2.31. The van der Waals surface area contributed by atoms with Crippen LogP contribution in [0.3, 0.4) is 0 Å². The van der Waals surface area contributed by atoms with Crippen LogP contribution >= 0.6 is 15.9 Å². The number of anilines is 1. The average Bonchev–Trinajstić information content (AvgIpc) is 2.56. The van der Waals surface area contributed by atoms with E-state index < -0.39 is 0 Å². The Balaban J connectivity index is 1.49. The van der Waals surface area contributed by atoms with Gasteiger partial charge in [-0.1, -0.05) is 28.1 Å². The van der Waals surface area contributed by atoms with Gasteiger partial charge in [-0.15, -0.1) is 0 Å². The van der Waals surface area contributed by atoms with Gasteiger partial charge < -0.3 is 5.32 Å². The number of halogens is 1. The Morgan fingerprint density at radius 1 is 1.26 bits per heavy atom. The number of piperidine rings is 1. The molecule has 1 N–H and O–H groups in total. The van der Waals surface area contributed by atoms with E-state index >= 15 is 0 Å². The van der Waals surface area contributed by atoms with Crippen LogP contribution in [0, 0.1) is 5.92 Å². The molecule has 0 atom stereocenters. The summed E-state index contributed by atoms with van der Waals surface area (Å²) in [7, 11) is 0. The fourth-order valence-corrected chi connectivity index (χ4v) is 3.37. The molecule has 0 unspecified atom stereocenters. The van der Waals surface area contributed by atoms with Gasteiger partial charge >= 0.3 is 0 Å². The molecule has 0 aliphatic carbocycles. The third-order valence-corrected chi connectivity index (χ3v) is 4.68. The van der Waals surface area contributed by atoms with Crippen molar-refractivity contribution in [2.75, 3.05) is 18.4 Å². The van der Waals surface area contributed by atoms with Gasteiger partial charge in [-0.3, -0.25) is 14.7 Å². The molecule has 3 rings (SSSR count). The van der Waals surface area contributed by atoms with Crippen molar-refractivity contribution in [3.63, 3.8) is 0 Å². The molecule has 1 saturated heterocycles. The van der Waals surface area contributed by atoms with Gasteiger partial charge in [0, 0.05) is 23.1 Å². The summed E-state index contributed by atoms with van der Waals surface area (Å²) < 4.78 is 1.11. The Bertz CT molecular complexity index is 654. The molecule has 0 bridgehead atoms. The standard InChI is InChI=1S/C18H20BrN3O/c19-16-4-1-3-14(11-16)13-22-9-6-15(7-10-22)18(23)21-17-5-2-8-20-12-17/h1-5,8,11-12,15H,6-7,9-10,13H2,(H,21,23). The molecule has 5 heteroatoms. The summed E-state index contributed by atoms with van der Waals surface area (Å²) in [5.74, 6) is 0.203. The number of carbonyl (C=O) groups is 1. The Kier molecular flexibility index (Phi) is 5.41. The van der Waals surface area contributed by atoms with E-state index in [1.165, 1.54) is 5.56 Å². The highest BCUT2D eigenvalue weighted by Crippen LogP contribution is 2.21. The minimum absolute atomic E-state index is 0.0916. The fourth-order valence-electron chi connectivity index (χ4n) is 2.93. The van der Waals surface area contributed by atoms with Crippen molar-refractivity contribution in [1.29, 1.82) is 0 Å². The minimum Gasteiger partial charge on any atom is -0.324 e. The van der Waals surface area contributed by atoms with Crippen molar-refractivity contribution < 1.29 is 4.79 Å². The largest absolute Gasteiger partial charge is 0.324 e. The zero-order chi connectivity index (χ0) is 16.1. The lowest BCUT2D eigenvalue weighted by molar-refractivity contribution is -0.121. The molecule has 1 aliphatic rings. The van der Waals surface area contributed by atoms with E-state index in [1.807, 2.05) is 18.2 Å². The molecule has 0 radical (unpaired) electrons. The molecular weight excluding hydrogens is 354 g/mol. The first-order chi connectivity index (χ1) is 11.2. The number of amides is 1. The molecular formula is C18H20BrN3O. The van der Waals surface area contributed by atoms with Gasteiger partial charge in [-0.25, -0.2) is 0 Å². The zero-order valence-corrected chi connectivity index (χ0v) is 14.5. The Morgan fingerprint density at radius 3 is 2.78 bits per heavy atom. The summed E-state index contributed by atoms with van der Waals surface area (Å²) in [6.07, 6.45) is 5.19. The summed E-state index contributed by atoms with van der Waals surface area (Å²) in [5, 5.41) is 2.96. The average molecular weight is 374 g/mol. The van der Waals surface area contributed by atoms with E-state index in [2.05, 4.69) is 49.3 Å². The van der Waals surface area contributed by atoms with Gasteiger partial charge in [-0.2, -0.15) is 0 Å². The van der Waals surface area contributed by atoms with Crippen molar-refractivity contribution in [2.45, 2.75) is 19.4 Å². The lowest BCUT2D eigenvalue weighted by Crippen LogP contribution is -2.37. The molecule has 1 fully saturated rings. The van der Waals surface area contributed by atoms with Crippen molar-refractivity contribution in [3.8, 4) is 0 Å². The van der Waals surface area contributed by atoms with Crippen LogP contribution in [0.1, 0.15) is 18.4 Å². The molecule has 2 aromatic rings. The first kappa shape index (κ1) is 16.1. The van der Waals surface area contributed by atoms with Crippen LogP contribution in [0.5, 0.6) is 0 Å². The predicted octanol–water partition coefficient (Wildman–Crippen LogP) is 3.69. The van der Waals surface area contributed by atoms with E-state index in [0.29, 0.717) is 0 Å². The van der Waals surface area contributed by atoms with Gasteiger partial charge in [0.2, 0.25) is 5.91 Å². The highest BCUT2D eigenvalue weighted by molar-refractivity contribution is 9.10. The summed E-state index contributed by atoms with van der Waals surface area (Å²) in [6.45, 7) is 2.85. The second-order valence-corrected chi connectivity index (χ2v) is 6.83. The van der Waals surface area contributed by atoms with E-state index in [0.717, 1.165) is 42.6 Å². The molecule has 1 aromatic carbocycles. The molecule has 4 nitrogen and oxygen atoms in total. The van der Waals surface area contributed by atoms with Gasteiger partial charge in [0.1, 0.15) is 0 Å². The minimum atomic E-state index is 0.0916. The highest BCUT2D eigenvalue weighted by atomic mass is 79.9. The van der Waals surface area contributed by atoms with Crippen LogP contribution < -0.4 is 5.32 Å². The normalized spacial score (nSPS) is 16.2. The van der Waals surface area contributed by atoms with Gasteiger partial charge in [0.05, 0.1) is 11.9 Å². The number of benzene rings is 1. The fraction of sp³-hybridized carbons (Fsp3) is 0.333. The second-order valence-electron chi connectivity index (χ2n) is 5.91. The SMILES string of the molecule is O=C(Nc1cccnc1)C1CCN(Cc2cccc(Br)c2)CC1. The monoisotopic (exact) mass is 373 g/mol. The van der Waals surface area contributed by atoms with E-state index in [1.54, 1.807) is 12.4 Å². The molecule has 0 spiro atoms. The van der Waals surface area contributed by atoms with Gasteiger partial charge in [0.25, 0.3) is 0 Å². The van der Waals surface area contributed by atoms with E-state index in [9.17, 15) is 4.79 Å². The molecule has 1 aromatic heterocycles. The van der Waals surface area contributed by atoms with E-state index in [4.69, 9.17) is 0 Å². The number of nitrogens with zero attached hydrogens (tertiary/aromatic N) is 2. The molecule has 120 valence electrons. The molecule has 23 heavy (non-hydrogen) atoms. The Morgan fingerprint density at radius 2 is 2.09 bits per heavy atom. The second kappa shape index (κ2) is 7.70. The summed E-state index contributed by atoms with van der Waals surface area (Å²) in [4.78, 5) is 18.7. The van der Waals surface area contributed by atoms with Crippen LogP contribution in [0.4, 0.5) is 5.69 Å². The van der Waals surface area contributed by atoms with Crippen LogP contribution in [-0.4, -0.2) is 28.9 Å². The van der Waals surface area contributed by atoms with Crippen molar-refractivity contribution in [3.05, 3.63) is 58.8 Å². The number of nitrogens with one attached hydrogen (secondary N) is 1. The number of pyridine rings is 1. The topological polar surface area (TPSA) is 45.2 Å². The number of rotatable bonds is 4. The smallest absolute Gasteiger partial charge is 0.227 e. The first-order valence-electron chi connectivity index (χ1n) is 7.88. The third kappa shape index (κ3) is 4.62. The van der Waals surface area contributed by atoms with Gasteiger partial charge in [0.15, 0.2) is 0 Å². The maximum Gasteiger partial charge on any atom is 0.227 e. The van der Waals surface area contributed by atoms with Crippen LogP contribution in [0.2, 0.25) is 0 Å². The van der Waals surface area contributed by atoms with Crippen molar-refractivity contribution in [2.24, 2.45) is 5.92 Å². The zero-order valence-electron chi connectivity index (χ0n) is 12.9. The number of aromatic nitrogens is 1. The molecule has 2 heterocycles. The lowest BCUT2D eigenvalue weighted by atomic mass is 9.95. The number of carbonyl (C=O) groups excluding carboxylic acids is 1. The maximum absolute atomic E-state index is 12.3.